The third-order valence-corrected chi connectivity index (χ3v) is 5.70. The Morgan fingerprint density at radius 2 is 1.86 bits per heavy atom. The van der Waals surface area contributed by atoms with Gasteiger partial charge in [-0.2, -0.15) is 0 Å². The van der Waals surface area contributed by atoms with Crippen LogP contribution < -0.4 is 10.1 Å². The van der Waals surface area contributed by atoms with Gasteiger partial charge in [0.2, 0.25) is 5.91 Å². The van der Waals surface area contributed by atoms with E-state index in [0.717, 1.165) is 23.5 Å². The van der Waals surface area contributed by atoms with Gasteiger partial charge in [-0.05, 0) is 43.3 Å². The normalized spacial score (nSPS) is 14.7. The second-order valence-corrected chi connectivity index (χ2v) is 8.22. The standard InChI is InChI=1S/C21H26N2O4S/c1-15-3-8-19(28-15)13-22-21(25)16-4-6-17(7-5-16)27-18-9-11-23(12-10-18)20(24)14-26-2/h3-8,18H,9-14H2,1-2H3,(H,22,25). The van der Waals surface area contributed by atoms with Gasteiger partial charge < -0.3 is 19.7 Å². The van der Waals surface area contributed by atoms with Crippen LogP contribution >= 0.6 is 11.3 Å². The maximum absolute atomic E-state index is 12.3. The van der Waals surface area contributed by atoms with Crippen molar-refractivity contribution in [1.29, 1.82) is 0 Å². The number of methoxy groups -OCH3 is 1. The first-order valence-electron chi connectivity index (χ1n) is 9.42. The van der Waals surface area contributed by atoms with Crippen LogP contribution in [0.4, 0.5) is 0 Å². The van der Waals surface area contributed by atoms with Crippen LogP contribution in [0, 0.1) is 6.92 Å². The number of rotatable bonds is 7. The van der Waals surface area contributed by atoms with E-state index < -0.39 is 0 Å². The molecule has 1 aromatic heterocycles. The van der Waals surface area contributed by atoms with Gasteiger partial charge in [-0.15, -0.1) is 11.3 Å². The third kappa shape index (κ3) is 5.56. The highest BCUT2D eigenvalue weighted by Crippen LogP contribution is 2.20. The lowest BCUT2D eigenvalue weighted by molar-refractivity contribution is -0.136. The predicted octanol–water partition coefficient (Wildman–Crippen LogP) is 3.00. The van der Waals surface area contributed by atoms with E-state index in [-0.39, 0.29) is 24.5 Å². The molecule has 150 valence electrons. The molecule has 1 aliphatic rings. The molecule has 0 aliphatic carbocycles. The molecule has 0 spiro atoms. The van der Waals surface area contributed by atoms with Gasteiger partial charge in [0.1, 0.15) is 18.5 Å². The Morgan fingerprint density at radius 3 is 2.46 bits per heavy atom. The molecule has 2 aromatic rings. The number of amides is 2. The highest BCUT2D eigenvalue weighted by molar-refractivity contribution is 7.11. The van der Waals surface area contributed by atoms with Crippen molar-refractivity contribution in [1.82, 2.24) is 10.2 Å². The second-order valence-electron chi connectivity index (χ2n) is 6.85. The molecule has 2 amide bonds. The zero-order valence-electron chi connectivity index (χ0n) is 16.3. The summed E-state index contributed by atoms with van der Waals surface area (Å²) in [6.07, 6.45) is 1.66. The zero-order valence-corrected chi connectivity index (χ0v) is 17.1. The number of hydrogen-bond acceptors (Lipinski definition) is 5. The SMILES string of the molecule is COCC(=O)N1CCC(Oc2ccc(C(=O)NCc3ccc(C)s3)cc2)CC1. The fourth-order valence-corrected chi connectivity index (χ4v) is 3.99. The van der Waals surface area contributed by atoms with Crippen LogP contribution in [0.25, 0.3) is 0 Å². The molecule has 2 heterocycles. The van der Waals surface area contributed by atoms with Crippen LogP contribution in [0.1, 0.15) is 33.0 Å². The average Bonchev–Trinajstić information content (AvgIpc) is 3.13. The molecule has 1 fully saturated rings. The molecular weight excluding hydrogens is 376 g/mol. The summed E-state index contributed by atoms with van der Waals surface area (Å²) < 4.78 is 10.9. The molecule has 3 rings (SSSR count). The molecule has 0 saturated carbocycles. The first-order valence-corrected chi connectivity index (χ1v) is 10.2. The van der Waals surface area contributed by atoms with Crippen molar-refractivity contribution in [3.05, 3.63) is 51.7 Å². The summed E-state index contributed by atoms with van der Waals surface area (Å²) in [6.45, 7) is 4.07. The molecule has 0 unspecified atom stereocenters. The van der Waals surface area contributed by atoms with E-state index in [4.69, 9.17) is 9.47 Å². The van der Waals surface area contributed by atoms with Crippen molar-refractivity contribution in [2.75, 3.05) is 26.8 Å². The fourth-order valence-electron chi connectivity index (χ4n) is 3.16. The lowest BCUT2D eigenvalue weighted by Gasteiger charge is -2.32. The Bertz CT molecular complexity index is 795. The topological polar surface area (TPSA) is 67.9 Å². The van der Waals surface area contributed by atoms with Gasteiger partial charge in [-0.3, -0.25) is 9.59 Å². The molecule has 1 N–H and O–H groups in total. The zero-order chi connectivity index (χ0) is 19.9. The average molecular weight is 403 g/mol. The number of thiophene rings is 1. The summed E-state index contributed by atoms with van der Waals surface area (Å²) in [5.74, 6) is 0.670. The minimum absolute atomic E-state index is 0.0222. The Kier molecular flexibility index (Phi) is 7.06. The van der Waals surface area contributed by atoms with E-state index in [1.54, 1.807) is 23.5 Å². The van der Waals surface area contributed by atoms with Crippen molar-refractivity contribution < 1.29 is 19.1 Å². The first-order chi connectivity index (χ1) is 13.5. The smallest absolute Gasteiger partial charge is 0.251 e. The number of likely N-dealkylation sites (tertiary alicyclic amines) is 1. The number of carbonyl (C=O) groups is 2. The van der Waals surface area contributed by atoms with Gasteiger partial charge >= 0.3 is 0 Å². The quantitative estimate of drug-likeness (QED) is 0.773. The van der Waals surface area contributed by atoms with Crippen molar-refractivity contribution in [3.63, 3.8) is 0 Å². The number of nitrogens with zero attached hydrogens (tertiary/aromatic N) is 1. The molecule has 1 aromatic carbocycles. The molecular formula is C21H26N2O4S. The molecule has 0 bridgehead atoms. The largest absolute Gasteiger partial charge is 0.490 e. The summed E-state index contributed by atoms with van der Waals surface area (Å²) in [7, 11) is 1.53. The summed E-state index contributed by atoms with van der Waals surface area (Å²) in [5.41, 5.74) is 0.612. The van der Waals surface area contributed by atoms with E-state index in [2.05, 4.69) is 18.3 Å². The molecule has 1 aliphatic heterocycles. The van der Waals surface area contributed by atoms with Crippen molar-refractivity contribution in [3.8, 4) is 5.75 Å². The Morgan fingerprint density at radius 1 is 1.14 bits per heavy atom. The van der Waals surface area contributed by atoms with E-state index >= 15 is 0 Å². The first kappa shape index (κ1) is 20.4. The summed E-state index contributed by atoms with van der Waals surface area (Å²) >= 11 is 1.69. The Hall–Kier alpha value is -2.38. The van der Waals surface area contributed by atoms with Crippen LogP contribution in [0.2, 0.25) is 0 Å². The number of aryl methyl sites for hydroxylation is 1. The number of carbonyl (C=O) groups excluding carboxylic acids is 2. The van der Waals surface area contributed by atoms with Crippen molar-refractivity contribution in [2.45, 2.75) is 32.4 Å². The Labute approximate surface area is 169 Å². The monoisotopic (exact) mass is 402 g/mol. The number of nitrogens with one attached hydrogen (secondary N) is 1. The van der Waals surface area contributed by atoms with Gasteiger partial charge in [0.25, 0.3) is 5.91 Å². The predicted molar refractivity (Wildman–Crippen MR) is 109 cm³/mol. The lowest BCUT2D eigenvalue weighted by atomic mass is 10.1. The van der Waals surface area contributed by atoms with Crippen LogP contribution in [0.5, 0.6) is 5.75 Å². The fraction of sp³-hybridized carbons (Fsp3) is 0.429. The number of benzene rings is 1. The van der Waals surface area contributed by atoms with Crippen molar-refractivity contribution in [2.24, 2.45) is 0 Å². The Balaban J connectivity index is 1.45. The highest BCUT2D eigenvalue weighted by Gasteiger charge is 2.23. The van der Waals surface area contributed by atoms with Crippen LogP contribution in [-0.4, -0.2) is 49.6 Å². The van der Waals surface area contributed by atoms with E-state index in [1.807, 2.05) is 23.1 Å². The molecule has 1 saturated heterocycles. The van der Waals surface area contributed by atoms with Crippen LogP contribution in [-0.2, 0) is 16.1 Å². The number of ether oxygens (including phenoxy) is 2. The molecule has 0 radical (unpaired) electrons. The number of piperidine rings is 1. The van der Waals surface area contributed by atoms with E-state index in [0.29, 0.717) is 25.2 Å². The van der Waals surface area contributed by atoms with Crippen molar-refractivity contribution >= 4 is 23.2 Å². The van der Waals surface area contributed by atoms with Crippen LogP contribution in [0.3, 0.4) is 0 Å². The van der Waals surface area contributed by atoms with Gasteiger partial charge in [0.15, 0.2) is 0 Å². The van der Waals surface area contributed by atoms with Gasteiger partial charge in [-0.25, -0.2) is 0 Å². The van der Waals surface area contributed by atoms with E-state index in [9.17, 15) is 9.59 Å². The molecule has 7 heteroatoms. The summed E-state index contributed by atoms with van der Waals surface area (Å²) in [4.78, 5) is 28.3. The third-order valence-electron chi connectivity index (χ3n) is 4.70. The minimum Gasteiger partial charge on any atom is -0.490 e. The van der Waals surface area contributed by atoms with Gasteiger partial charge in [-0.1, -0.05) is 0 Å². The van der Waals surface area contributed by atoms with Crippen LogP contribution in [0.15, 0.2) is 36.4 Å². The molecule has 6 nitrogen and oxygen atoms in total. The second kappa shape index (κ2) is 9.71. The van der Waals surface area contributed by atoms with Gasteiger partial charge in [0.05, 0.1) is 6.54 Å². The number of hydrogen-bond donors (Lipinski definition) is 1. The van der Waals surface area contributed by atoms with E-state index in [1.165, 1.54) is 12.0 Å². The maximum Gasteiger partial charge on any atom is 0.251 e. The highest BCUT2D eigenvalue weighted by atomic mass is 32.1. The molecule has 28 heavy (non-hydrogen) atoms. The maximum atomic E-state index is 12.3. The summed E-state index contributed by atoms with van der Waals surface area (Å²) in [5, 5.41) is 2.94. The van der Waals surface area contributed by atoms with Gasteiger partial charge in [0, 0.05) is 48.4 Å². The summed E-state index contributed by atoms with van der Waals surface area (Å²) in [6, 6.07) is 11.3. The minimum atomic E-state index is -0.0948. The molecule has 0 atom stereocenters. The lowest BCUT2D eigenvalue weighted by Crippen LogP contribution is -2.43.